The highest BCUT2D eigenvalue weighted by Crippen LogP contribution is 2.05. The number of amides is 2. The van der Waals surface area contributed by atoms with Crippen LogP contribution in [0.15, 0.2) is 24.3 Å². The van der Waals surface area contributed by atoms with E-state index in [1.54, 1.807) is 31.4 Å². The SMILES string of the molecule is COCCNC(=O)CCNC(=O)c1cccc(C(N)=S)c1. The Hall–Kier alpha value is -1.99. The number of nitrogens with one attached hydrogen (secondary N) is 2. The minimum Gasteiger partial charge on any atom is -0.389 e. The molecule has 0 unspecified atom stereocenters. The molecule has 0 aromatic heterocycles. The molecule has 0 saturated heterocycles. The number of thiocarbonyl (C=S) groups is 1. The van der Waals surface area contributed by atoms with E-state index >= 15 is 0 Å². The van der Waals surface area contributed by atoms with Gasteiger partial charge in [-0.1, -0.05) is 24.4 Å². The molecule has 1 aromatic carbocycles. The number of carbonyl (C=O) groups excluding carboxylic acids is 2. The van der Waals surface area contributed by atoms with Crippen molar-refractivity contribution in [1.29, 1.82) is 0 Å². The van der Waals surface area contributed by atoms with Crippen molar-refractivity contribution in [3.8, 4) is 0 Å². The summed E-state index contributed by atoms with van der Waals surface area (Å²) in [5.41, 5.74) is 6.61. The number of carbonyl (C=O) groups is 2. The molecule has 0 aliphatic carbocycles. The van der Waals surface area contributed by atoms with Gasteiger partial charge in [-0.05, 0) is 12.1 Å². The number of rotatable bonds is 8. The van der Waals surface area contributed by atoms with Crippen molar-refractivity contribution < 1.29 is 14.3 Å². The van der Waals surface area contributed by atoms with E-state index in [2.05, 4.69) is 10.6 Å². The second-order valence-electron chi connectivity index (χ2n) is 4.29. The van der Waals surface area contributed by atoms with Crippen molar-refractivity contribution in [2.45, 2.75) is 6.42 Å². The third-order valence-corrected chi connectivity index (χ3v) is 2.91. The van der Waals surface area contributed by atoms with Gasteiger partial charge < -0.3 is 21.1 Å². The fourth-order valence-corrected chi connectivity index (χ4v) is 1.71. The Bertz CT molecular complexity index is 520. The van der Waals surface area contributed by atoms with Gasteiger partial charge in [-0.15, -0.1) is 0 Å². The molecule has 0 radical (unpaired) electrons. The van der Waals surface area contributed by atoms with E-state index in [4.69, 9.17) is 22.7 Å². The van der Waals surface area contributed by atoms with Crippen molar-refractivity contribution in [2.75, 3.05) is 26.8 Å². The standard InChI is InChI=1S/C14H19N3O3S/c1-20-8-7-16-12(18)5-6-17-14(19)11-4-2-3-10(9-11)13(15)21/h2-4,9H,5-8H2,1H3,(H2,15,21)(H,16,18)(H,17,19). The van der Waals surface area contributed by atoms with Crippen LogP contribution >= 0.6 is 12.2 Å². The number of methoxy groups -OCH3 is 1. The smallest absolute Gasteiger partial charge is 0.251 e. The molecule has 2 amide bonds. The summed E-state index contributed by atoms with van der Waals surface area (Å²) in [6.45, 7) is 1.18. The summed E-state index contributed by atoms with van der Waals surface area (Å²) in [5.74, 6) is -0.401. The van der Waals surface area contributed by atoms with Crippen LogP contribution in [0.5, 0.6) is 0 Å². The quantitative estimate of drug-likeness (QED) is 0.471. The fraction of sp³-hybridized carbons (Fsp3) is 0.357. The van der Waals surface area contributed by atoms with E-state index in [0.29, 0.717) is 24.3 Å². The fourth-order valence-electron chi connectivity index (χ4n) is 1.59. The minimum atomic E-state index is -0.266. The Morgan fingerprint density at radius 1 is 1.24 bits per heavy atom. The molecule has 7 heteroatoms. The van der Waals surface area contributed by atoms with Gasteiger partial charge in [-0.25, -0.2) is 0 Å². The second-order valence-corrected chi connectivity index (χ2v) is 4.73. The number of ether oxygens (including phenoxy) is 1. The predicted octanol–water partition coefficient (Wildman–Crippen LogP) is 0.203. The Labute approximate surface area is 129 Å². The number of nitrogens with two attached hydrogens (primary N) is 1. The molecule has 0 bridgehead atoms. The van der Waals surface area contributed by atoms with Crippen LogP contribution in [0.2, 0.25) is 0 Å². The molecule has 0 fully saturated rings. The zero-order chi connectivity index (χ0) is 15.7. The van der Waals surface area contributed by atoms with Crippen LogP contribution in [0.25, 0.3) is 0 Å². The van der Waals surface area contributed by atoms with Gasteiger partial charge in [0.1, 0.15) is 4.99 Å². The van der Waals surface area contributed by atoms with Crippen LogP contribution in [-0.4, -0.2) is 43.6 Å². The third-order valence-electron chi connectivity index (χ3n) is 2.68. The van der Waals surface area contributed by atoms with Gasteiger partial charge in [0.15, 0.2) is 0 Å². The second kappa shape index (κ2) is 9.04. The molecule has 114 valence electrons. The molecule has 0 spiro atoms. The summed E-state index contributed by atoms with van der Waals surface area (Å²) in [5, 5.41) is 5.34. The van der Waals surface area contributed by atoms with E-state index < -0.39 is 0 Å². The molecule has 0 aliphatic heterocycles. The van der Waals surface area contributed by atoms with Crippen LogP contribution in [-0.2, 0) is 9.53 Å². The number of benzene rings is 1. The molecule has 0 aliphatic rings. The maximum absolute atomic E-state index is 11.9. The van der Waals surface area contributed by atoms with E-state index in [-0.39, 0.29) is 29.8 Å². The molecule has 1 rings (SSSR count). The zero-order valence-corrected chi connectivity index (χ0v) is 12.7. The zero-order valence-electron chi connectivity index (χ0n) is 11.8. The Morgan fingerprint density at radius 3 is 2.62 bits per heavy atom. The maximum atomic E-state index is 11.9. The molecule has 0 heterocycles. The first-order valence-electron chi connectivity index (χ1n) is 6.48. The monoisotopic (exact) mass is 309 g/mol. The van der Waals surface area contributed by atoms with E-state index in [0.717, 1.165) is 0 Å². The van der Waals surface area contributed by atoms with Gasteiger partial charge in [0.25, 0.3) is 5.91 Å². The molecule has 21 heavy (non-hydrogen) atoms. The average Bonchev–Trinajstić information content (AvgIpc) is 2.47. The lowest BCUT2D eigenvalue weighted by molar-refractivity contribution is -0.121. The number of hydrogen-bond acceptors (Lipinski definition) is 4. The summed E-state index contributed by atoms with van der Waals surface area (Å²) in [6.07, 6.45) is 0.213. The van der Waals surface area contributed by atoms with E-state index in [1.165, 1.54) is 0 Å². The maximum Gasteiger partial charge on any atom is 0.251 e. The van der Waals surface area contributed by atoms with Crippen LogP contribution in [0, 0.1) is 0 Å². The summed E-state index contributed by atoms with van der Waals surface area (Å²) in [6, 6.07) is 6.73. The van der Waals surface area contributed by atoms with Gasteiger partial charge in [-0.3, -0.25) is 9.59 Å². The lowest BCUT2D eigenvalue weighted by Gasteiger charge is -2.07. The third kappa shape index (κ3) is 6.33. The van der Waals surface area contributed by atoms with Gasteiger partial charge in [0, 0.05) is 37.7 Å². The molecule has 4 N–H and O–H groups in total. The van der Waals surface area contributed by atoms with Crippen molar-refractivity contribution >= 4 is 29.0 Å². The van der Waals surface area contributed by atoms with Crippen LogP contribution in [0.4, 0.5) is 0 Å². The van der Waals surface area contributed by atoms with Crippen molar-refractivity contribution in [2.24, 2.45) is 5.73 Å². The summed E-state index contributed by atoms with van der Waals surface area (Å²) < 4.78 is 4.82. The predicted molar refractivity (Wildman–Crippen MR) is 84.2 cm³/mol. The first-order chi connectivity index (χ1) is 10.0. The van der Waals surface area contributed by atoms with Crippen molar-refractivity contribution in [3.63, 3.8) is 0 Å². The van der Waals surface area contributed by atoms with E-state index in [9.17, 15) is 9.59 Å². The molecule has 6 nitrogen and oxygen atoms in total. The van der Waals surface area contributed by atoms with Gasteiger partial charge in [0.2, 0.25) is 5.91 Å². The highest BCUT2D eigenvalue weighted by molar-refractivity contribution is 7.80. The van der Waals surface area contributed by atoms with E-state index in [1.807, 2.05) is 0 Å². The van der Waals surface area contributed by atoms with Crippen LogP contribution < -0.4 is 16.4 Å². The average molecular weight is 309 g/mol. The molecular formula is C14H19N3O3S. The highest BCUT2D eigenvalue weighted by Gasteiger charge is 2.08. The Kier molecular flexibility index (Phi) is 7.34. The largest absolute Gasteiger partial charge is 0.389 e. The molecule has 1 aromatic rings. The molecule has 0 atom stereocenters. The molecular weight excluding hydrogens is 290 g/mol. The van der Waals surface area contributed by atoms with Crippen molar-refractivity contribution in [1.82, 2.24) is 10.6 Å². The first-order valence-corrected chi connectivity index (χ1v) is 6.89. The Morgan fingerprint density at radius 2 is 1.95 bits per heavy atom. The molecule has 0 saturated carbocycles. The summed E-state index contributed by atoms with van der Waals surface area (Å²) >= 11 is 4.86. The van der Waals surface area contributed by atoms with Crippen molar-refractivity contribution in [3.05, 3.63) is 35.4 Å². The lowest BCUT2D eigenvalue weighted by atomic mass is 10.1. The van der Waals surface area contributed by atoms with Crippen LogP contribution in [0.3, 0.4) is 0 Å². The lowest BCUT2D eigenvalue weighted by Crippen LogP contribution is -2.32. The summed E-state index contributed by atoms with van der Waals surface area (Å²) in [7, 11) is 1.56. The first kappa shape index (κ1) is 17.1. The van der Waals surface area contributed by atoms with Gasteiger partial charge >= 0.3 is 0 Å². The van der Waals surface area contributed by atoms with Gasteiger partial charge in [0.05, 0.1) is 6.61 Å². The summed E-state index contributed by atoms with van der Waals surface area (Å²) in [4.78, 5) is 23.6. The topological polar surface area (TPSA) is 93.5 Å². The normalized spacial score (nSPS) is 9.95. The van der Waals surface area contributed by atoms with Gasteiger partial charge in [-0.2, -0.15) is 0 Å². The Balaban J connectivity index is 2.38. The number of hydrogen-bond donors (Lipinski definition) is 3. The van der Waals surface area contributed by atoms with Crippen LogP contribution in [0.1, 0.15) is 22.3 Å². The minimum absolute atomic E-state index is 0.135. The highest BCUT2D eigenvalue weighted by atomic mass is 32.1.